The third-order valence-corrected chi connectivity index (χ3v) is 5.32. The monoisotopic (exact) mass is 362 g/mol. The number of thioether (sulfide) groups is 1. The maximum atomic E-state index is 12.4. The molecule has 6 heteroatoms. The molecular weight excluding hydrogens is 344 g/mol. The fraction of sp³-hybridized carbons (Fsp3) is 0.150. The summed E-state index contributed by atoms with van der Waals surface area (Å²) in [7, 11) is 0. The lowest BCUT2D eigenvalue weighted by molar-refractivity contribution is 0.785. The van der Waals surface area contributed by atoms with E-state index in [0.717, 1.165) is 11.1 Å². The standard InChI is InChI=1S/C20H18N4OS/c1-13-8-10-16(11-9-13)17-12-21-24-18(17)22-19(23-20(24)25)26-14(2)15-6-4-3-5-7-15/h3-12,14H,1-2H3,(H,22,23,25). The first-order chi connectivity index (χ1) is 12.6. The second-order valence-corrected chi connectivity index (χ2v) is 7.51. The first kappa shape index (κ1) is 16.6. The zero-order valence-corrected chi connectivity index (χ0v) is 15.3. The summed E-state index contributed by atoms with van der Waals surface area (Å²) in [5.41, 5.74) is 4.51. The topological polar surface area (TPSA) is 63.1 Å². The summed E-state index contributed by atoms with van der Waals surface area (Å²) in [6, 6.07) is 18.3. The van der Waals surface area contributed by atoms with Gasteiger partial charge in [0.25, 0.3) is 0 Å². The Morgan fingerprint density at radius 2 is 1.81 bits per heavy atom. The van der Waals surface area contributed by atoms with Crippen LogP contribution in [0.3, 0.4) is 0 Å². The zero-order chi connectivity index (χ0) is 18.1. The predicted molar refractivity (Wildman–Crippen MR) is 104 cm³/mol. The summed E-state index contributed by atoms with van der Waals surface area (Å²) in [6.45, 7) is 4.14. The van der Waals surface area contributed by atoms with E-state index in [4.69, 9.17) is 0 Å². The molecule has 0 amide bonds. The normalized spacial score (nSPS) is 12.4. The van der Waals surface area contributed by atoms with Gasteiger partial charge in [0.1, 0.15) is 0 Å². The number of rotatable bonds is 4. The molecule has 0 saturated heterocycles. The van der Waals surface area contributed by atoms with Gasteiger partial charge in [-0.3, -0.25) is 4.98 Å². The molecule has 130 valence electrons. The van der Waals surface area contributed by atoms with Crippen LogP contribution in [0, 0.1) is 6.92 Å². The second kappa shape index (κ2) is 6.80. The van der Waals surface area contributed by atoms with Crippen LogP contribution in [0.25, 0.3) is 16.8 Å². The lowest BCUT2D eigenvalue weighted by atomic mass is 10.1. The van der Waals surface area contributed by atoms with E-state index in [1.165, 1.54) is 27.4 Å². The van der Waals surface area contributed by atoms with Crippen molar-refractivity contribution in [2.24, 2.45) is 0 Å². The Hall–Kier alpha value is -2.86. The Balaban J connectivity index is 1.74. The average Bonchev–Trinajstić information content (AvgIpc) is 3.07. The number of aryl methyl sites for hydroxylation is 1. The molecule has 0 saturated carbocycles. The van der Waals surface area contributed by atoms with Crippen molar-refractivity contribution in [3.63, 3.8) is 0 Å². The molecule has 1 unspecified atom stereocenters. The van der Waals surface area contributed by atoms with Gasteiger partial charge in [-0.25, -0.2) is 9.78 Å². The molecule has 0 aliphatic heterocycles. The minimum atomic E-state index is -0.281. The fourth-order valence-corrected chi connectivity index (χ4v) is 3.73. The van der Waals surface area contributed by atoms with Crippen LogP contribution < -0.4 is 5.69 Å². The molecule has 2 aromatic carbocycles. The van der Waals surface area contributed by atoms with Crippen LogP contribution in [0.15, 0.2) is 70.7 Å². The average molecular weight is 362 g/mol. The van der Waals surface area contributed by atoms with Crippen LogP contribution in [-0.2, 0) is 0 Å². The lowest BCUT2D eigenvalue weighted by Crippen LogP contribution is -2.19. The maximum absolute atomic E-state index is 12.4. The van der Waals surface area contributed by atoms with Crippen molar-refractivity contribution in [3.05, 3.63) is 82.4 Å². The number of aromatic nitrogens is 4. The molecule has 26 heavy (non-hydrogen) atoms. The maximum Gasteiger partial charge on any atom is 0.350 e. The van der Waals surface area contributed by atoms with Gasteiger partial charge in [0, 0.05) is 10.8 Å². The second-order valence-electron chi connectivity index (χ2n) is 6.18. The number of benzene rings is 2. The molecule has 2 heterocycles. The van der Waals surface area contributed by atoms with Gasteiger partial charge in [0.15, 0.2) is 10.8 Å². The van der Waals surface area contributed by atoms with Crippen molar-refractivity contribution in [1.82, 2.24) is 19.6 Å². The Kier molecular flexibility index (Phi) is 4.34. The fourth-order valence-electron chi connectivity index (χ4n) is 2.82. The van der Waals surface area contributed by atoms with Gasteiger partial charge in [0.2, 0.25) is 0 Å². The number of aromatic amines is 1. The minimum Gasteiger partial charge on any atom is -0.285 e. The molecule has 0 aliphatic carbocycles. The van der Waals surface area contributed by atoms with Crippen molar-refractivity contribution in [1.29, 1.82) is 0 Å². The van der Waals surface area contributed by atoms with Crippen LogP contribution in [-0.4, -0.2) is 19.6 Å². The molecule has 0 bridgehead atoms. The Morgan fingerprint density at radius 3 is 2.54 bits per heavy atom. The van der Waals surface area contributed by atoms with Crippen LogP contribution in [0.1, 0.15) is 23.3 Å². The van der Waals surface area contributed by atoms with E-state index >= 15 is 0 Å². The van der Waals surface area contributed by atoms with Gasteiger partial charge >= 0.3 is 5.69 Å². The number of fused-ring (bicyclic) bond motifs is 1. The molecule has 2 aromatic heterocycles. The molecule has 0 fully saturated rings. The van der Waals surface area contributed by atoms with Crippen molar-refractivity contribution >= 4 is 17.4 Å². The number of hydrogen-bond donors (Lipinski definition) is 1. The Bertz CT molecular complexity index is 1100. The van der Waals surface area contributed by atoms with Gasteiger partial charge < -0.3 is 0 Å². The summed E-state index contributed by atoms with van der Waals surface area (Å²) in [5.74, 6) is 0. The third-order valence-electron chi connectivity index (χ3n) is 4.28. The summed E-state index contributed by atoms with van der Waals surface area (Å²) in [6.07, 6.45) is 1.69. The predicted octanol–water partition coefficient (Wildman–Crippen LogP) is 4.25. The highest BCUT2D eigenvalue weighted by molar-refractivity contribution is 7.99. The van der Waals surface area contributed by atoms with E-state index in [1.807, 2.05) is 49.4 Å². The quantitative estimate of drug-likeness (QED) is 0.551. The summed E-state index contributed by atoms with van der Waals surface area (Å²) >= 11 is 1.53. The molecule has 1 atom stereocenters. The largest absolute Gasteiger partial charge is 0.350 e. The smallest absolute Gasteiger partial charge is 0.285 e. The van der Waals surface area contributed by atoms with Crippen molar-refractivity contribution in [3.8, 4) is 11.1 Å². The lowest BCUT2D eigenvalue weighted by Gasteiger charge is -2.10. The molecule has 0 radical (unpaired) electrons. The SMILES string of the molecule is Cc1ccc(-c2cnn3c(=O)[nH]c(SC(C)c4ccccc4)nc23)cc1. The highest BCUT2D eigenvalue weighted by Crippen LogP contribution is 2.33. The van der Waals surface area contributed by atoms with E-state index in [9.17, 15) is 4.79 Å². The van der Waals surface area contributed by atoms with Gasteiger partial charge in [-0.05, 0) is 25.0 Å². The van der Waals surface area contributed by atoms with Crippen LogP contribution in [0.5, 0.6) is 0 Å². The molecule has 5 nitrogen and oxygen atoms in total. The Morgan fingerprint density at radius 1 is 1.08 bits per heavy atom. The molecule has 4 rings (SSSR count). The highest BCUT2D eigenvalue weighted by Gasteiger charge is 2.14. The van der Waals surface area contributed by atoms with Crippen LogP contribution in [0.2, 0.25) is 0 Å². The van der Waals surface area contributed by atoms with Crippen LogP contribution >= 0.6 is 11.8 Å². The molecular formula is C20H18N4OS. The van der Waals surface area contributed by atoms with E-state index in [2.05, 4.69) is 34.1 Å². The van der Waals surface area contributed by atoms with E-state index in [0.29, 0.717) is 10.8 Å². The van der Waals surface area contributed by atoms with Gasteiger partial charge in [-0.2, -0.15) is 9.61 Å². The van der Waals surface area contributed by atoms with Gasteiger partial charge in [-0.15, -0.1) is 0 Å². The summed E-state index contributed by atoms with van der Waals surface area (Å²) < 4.78 is 1.31. The van der Waals surface area contributed by atoms with E-state index in [1.54, 1.807) is 6.20 Å². The molecule has 1 N–H and O–H groups in total. The summed E-state index contributed by atoms with van der Waals surface area (Å²) in [5, 5.41) is 4.96. The molecule has 0 aliphatic rings. The van der Waals surface area contributed by atoms with Crippen LogP contribution in [0.4, 0.5) is 0 Å². The Labute approximate surface area is 155 Å². The third kappa shape index (κ3) is 3.15. The highest BCUT2D eigenvalue weighted by atomic mass is 32.2. The van der Waals surface area contributed by atoms with E-state index in [-0.39, 0.29) is 10.9 Å². The zero-order valence-electron chi connectivity index (χ0n) is 14.5. The number of H-pyrrole nitrogens is 1. The van der Waals surface area contributed by atoms with Gasteiger partial charge in [0.05, 0.1) is 6.20 Å². The number of nitrogens with one attached hydrogen (secondary N) is 1. The van der Waals surface area contributed by atoms with Crippen molar-refractivity contribution in [2.75, 3.05) is 0 Å². The van der Waals surface area contributed by atoms with Crippen molar-refractivity contribution in [2.45, 2.75) is 24.3 Å². The molecule has 4 aromatic rings. The molecule has 0 spiro atoms. The van der Waals surface area contributed by atoms with Crippen molar-refractivity contribution < 1.29 is 0 Å². The number of nitrogens with zero attached hydrogens (tertiary/aromatic N) is 3. The van der Waals surface area contributed by atoms with E-state index < -0.39 is 0 Å². The van der Waals surface area contributed by atoms with Gasteiger partial charge in [-0.1, -0.05) is 71.9 Å². The number of hydrogen-bond acceptors (Lipinski definition) is 4. The first-order valence-corrected chi connectivity index (χ1v) is 9.26. The minimum absolute atomic E-state index is 0.174. The first-order valence-electron chi connectivity index (χ1n) is 8.38. The summed E-state index contributed by atoms with van der Waals surface area (Å²) in [4.78, 5) is 19.9.